The molecule has 1 aromatic carbocycles. The number of piperazine rings is 1. The number of nitrogens with one attached hydrogen (secondary N) is 1. The molecule has 2 aliphatic rings. The van der Waals surface area contributed by atoms with Crippen molar-refractivity contribution in [3.05, 3.63) is 35.9 Å². The number of nitrogens with zero attached hydrogens (tertiary/aromatic N) is 3. The molecule has 2 aliphatic heterocycles. The highest BCUT2D eigenvalue weighted by molar-refractivity contribution is 5.85. The summed E-state index contributed by atoms with van der Waals surface area (Å²) in [6.45, 7) is 8.69. The Kier molecular flexibility index (Phi) is 11.2. The molecule has 0 spiro atoms. The van der Waals surface area contributed by atoms with Crippen molar-refractivity contribution in [2.75, 3.05) is 66.0 Å². The van der Waals surface area contributed by atoms with E-state index in [9.17, 15) is 4.79 Å². The molecule has 6 nitrogen and oxygen atoms in total. The van der Waals surface area contributed by atoms with Crippen molar-refractivity contribution >= 4 is 30.7 Å². The number of benzene rings is 1. The Bertz CT molecular complexity index is 536. The summed E-state index contributed by atoms with van der Waals surface area (Å²) in [5.74, 6) is 0.146. The van der Waals surface area contributed by atoms with Crippen molar-refractivity contribution < 1.29 is 9.53 Å². The van der Waals surface area contributed by atoms with E-state index in [4.69, 9.17) is 4.74 Å². The number of hydrogen-bond donors (Lipinski definition) is 1. The molecule has 2 fully saturated rings. The zero-order chi connectivity index (χ0) is 17.5. The zero-order valence-electron chi connectivity index (χ0n) is 16.0. The molecule has 8 heteroatoms. The number of likely N-dealkylation sites (N-methyl/N-ethyl adjacent to an activating group) is 1. The molecule has 0 bridgehead atoms. The summed E-state index contributed by atoms with van der Waals surface area (Å²) in [5, 5.41) is 3.23. The normalized spacial score (nSPS) is 20.7. The Hall–Kier alpha value is -0.890. The Morgan fingerprint density at radius 1 is 1.19 bits per heavy atom. The minimum absolute atomic E-state index is 0. The van der Waals surface area contributed by atoms with Crippen LogP contribution in [0.2, 0.25) is 0 Å². The second-order valence-electron chi connectivity index (χ2n) is 6.95. The fourth-order valence-corrected chi connectivity index (χ4v) is 3.41. The highest BCUT2D eigenvalue weighted by Crippen LogP contribution is 2.08. The lowest BCUT2D eigenvalue weighted by atomic mass is 10.2. The molecule has 2 heterocycles. The molecule has 1 N–H and O–H groups in total. The number of halogens is 2. The Morgan fingerprint density at radius 3 is 2.52 bits per heavy atom. The molecule has 0 radical (unpaired) electrons. The number of morpholine rings is 1. The minimum atomic E-state index is -0.294. The summed E-state index contributed by atoms with van der Waals surface area (Å²) in [4.78, 5) is 19.2. The van der Waals surface area contributed by atoms with Crippen molar-refractivity contribution in [1.82, 2.24) is 20.0 Å². The van der Waals surface area contributed by atoms with Gasteiger partial charge in [0.05, 0.1) is 6.61 Å². The van der Waals surface area contributed by atoms with Gasteiger partial charge in [-0.1, -0.05) is 30.3 Å². The van der Waals surface area contributed by atoms with Crippen LogP contribution in [0.4, 0.5) is 0 Å². The first-order chi connectivity index (χ1) is 12.2. The van der Waals surface area contributed by atoms with Gasteiger partial charge in [-0.15, -0.1) is 24.8 Å². The molecule has 0 unspecified atom stereocenters. The molecule has 0 aliphatic carbocycles. The van der Waals surface area contributed by atoms with E-state index in [2.05, 4.69) is 52.5 Å². The fraction of sp³-hybridized carbons (Fsp3) is 0.632. The Morgan fingerprint density at radius 2 is 1.89 bits per heavy atom. The first-order valence-electron chi connectivity index (χ1n) is 9.28. The van der Waals surface area contributed by atoms with Gasteiger partial charge in [-0.05, 0) is 12.6 Å². The number of rotatable bonds is 6. The third-order valence-corrected chi connectivity index (χ3v) is 4.98. The first-order valence-corrected chi connectivity index (χ1v) is 9.28. The number of amides is 1. The van der Waals surface area contributed by atoms with Crippen LogP contribution in [-0.2, 0) is 16.1 Å². The lowest BCUT2D eigenvalue weighted by Gasteiger charge is -2.37. The first kappa shape index (κ1) is 24.1. The molecule has 1 aromatic rings. The van der Waals surface area contributed by atoms with Gasteiger partial charge in [-0.25, -0.2) is 0 Å². The lowest BCUT2D eigenvalue weighted by Crippen LogP contribution is -2.55. The quantitative estimate of drug-likeness (QED) is 0.749. The molecule has 3 rings (SSSR count). The van der Waals surface area contributed by atoms with Gasteiger partial charge < -0.3 is 19.9 Å². The topological polar surface area (TPSA) is 48.0 Å². The monoisotopic (exact) mass is 418 g/mol. The van der Waals surface area contributed by atoms with E-state index in [1.54, 1.807) is 0 Å². The van der Waals surface area contributed by atoms with E-state index >= 15 is 0 Å². The maximum Gasteiger partial charge on any atom is 0.253 e. The molecule has 1 amide bonds. The number of hydrogen-bond acceptors (Lipinski definition) is 5. The summed E-state index contributed by atoms with van der Waals surface area (Å²) in [7, 11) is 2.17. The van der Waals surface area contributed by atoms with Gasteiger partial charge in [0.1, 0.15) is 6.10 Å². The van der Waals surface area contributed by atoms with Gasteiger partial charge in [-0.3, -0.25) is 9.69 Å². The molecular weight excluding hydrogens is 387 g/mol. The van der Waals surface area contributed by atoms with Crippen LogP contribution in [0, 0.1) is 0 Å². The third-order valence-electron chi connectivity index (χ3n) is 4.98. The molecule has 27 heavy (non-hydrogen) atoms. The van der Waals surface area contributed by atoms with Crippen LogP contribution < -0.4 is 5.32 Å². The van der Waals surface area contributed by atoms with E-state index in [0.717, 1.165) is 52.4 Å². The Balaban J connectivity index is 0.00000182. The Labute approximate surface area is 175 Å². The minimum Gasteiger partial charge on any atom is -0.366 e. The second-order valence-corrected chi connectivity index (χ2v) is 6.95. The van der Waals surface area contributed by atoms with E-state index in [-0.39, 0.29) is 36.8 Å². The standard InChI is InChI=1S/C19H30N4O2.2ClH/c1-21(16-17-5-3-2-4-6-17)8-9-22-10-12-23(13-11-22)19(24)18-15-20-7-14-25-18;;/h2-6,18,20H,7-16H2,1H3;2*1H/t18-;;/m1../s1. The van der Waals surface area contributed by atoms with Crippen molar-refractivity contribution in [3.63, 3.8) is 0 Å². The average molecular weight is 419 g/mol. The summed E-state index contributed by atoms with van der Waals surface area (Å²) in [6.07, 6.45) is -0.294. The van der Waals surface area contributed by atoms with E-state index in [1.165, 1.54) is 5.56 Å². The number of carbonyl (C=O) groups is 1. The third kappa shape index (κ3) is 7.56. The summed E-state index contributed by atoms with van der Waals surface area (Å²) in [6, 6.07) is 10.6. The molecule has 154 valence electrons. The fourth-order valence-electron chi connectivity index (χ4n) is 3.41. The van der Waals surface area contributed by atoms with Gasteiger partial charge in [0.15, 0.2) is 0 Å². The summed E-state index contributed by atoms with van der Waals surface area (Å²) < 4.78 is 5.58. The van der Waals surface area contributed by atoms with Gasteiger partial charge in [0.25, 0.3) is 5.91 Å². The largest absolute Gasteiger partial charge is 0.366 e. The van der Waals surface area contributed by atoms with Crippen LogP contribution in [0.25, 0.3) is 0 Å². The van der Waals surface area contributed by atoms with Crippen molar-refractivity contribution in [3.8, 4) is 0 Å². The maximum atomic E-state index is 12.5. The van der Waals surface area contributed by atoms with E-state index < -0.39 is 0 Å². The highest BCUT2D eigenvalue weighted by atomic mass is 35.5. The van der Waals surface area contributed by atoms with Crippen LogP contribution in [0.1, 0.15) is 5.56 Å². The molecule has 0 aromatic heterocycles. The predicted octanol–water partition coefficient (Wildman–Crippen LogP) is 1.09. The molecular formula is C19H32Cl2N4O2. The van der Waals surface area contributed by atoms with Gasteiger partial charge in [-0.2, -0.15) is 0 Å². The molecule has 0 saturated carbocycles. The van der Waals surface area contributed by atoms with Crippen molar-refractivity contribution in [2.45, 2.75) is 12.6 Å². The molecule has 2 saturated heterocycles. The lowest BCUT2D eigenvalue weighted by molar-refractivity contribution is -0.147. The average Bonchev–Trinajstić information content (AvgIpc) is 2.68. The maximum absolute atomic E-state index is 12.5. The van der Waals surface area contributed by atoms with E-state index in [0.29, 0.717) is 13.2 Å². The van der Waals surface area contributed by atoms with Crippen LogP contribution in [-0.4, -0.2) is 92.7 Å². The second kappa shape index (κ2) is 12.5. The van der Waals surface area contributed by atoms with Gasteiger partial charge in [0.2, 0.25) is 0 Å². The molecule has 1 atom stereocenters. The van der Waals surface area contributed by atoms with Gasteiger partial charge >= 0.3 is 0 Å². The highest BCUT2D eigenvalue weighted by Gasteiger charge is 2.29. The van der Waals surface area contributed by atoms with Crippen LogP contribution in [0.15, 0.2) is 30.3 Å². The van der Waals surface area contributed by atoms with Crippen molar-refractivity contribution in [1.29, 1.82) is 0 Å². The van der Waals surface area contributed by atoms with E-state index in [1.807, 2.05) is 4.90 Å². The smallest absolute Gasteiger partial charge is 0.253 e. The number of ether oxygens (including phenoxy) is 1. The SMILES string of the molecule is CN(CCN1CCN(C(=O)[C@H]2CNCCO2)CC1)Cc1ccccc1.Cl.Cl. The van der Waals surface area contributed by atoms with Crippen molar-refractivity contribution in [2.24, 2.45) is 0 Å². The van der Waals surface area contributed by atoms with Crippen LogP contribution in [0.3, 0.4) is 0 Å². The van der Waals surface area contributed by atoms with Crippen LogP contribution >= 0.6 is 24.8 Å². The number of carbonyl (C=O) groups excluding carboxylic acids is 1. The van der Waals surface area contributed by atoms with Crippen LogP contribution in [0.5, 0.6) is 0 Å². The summed E-state index contributed by atoms with van der Waals surface area (Å²) in [5.41, 5.74) is 1.35. The van der Waals surface area contributed by atoms with Gasteiger partial charge in [0, 0.05) is 58.9 Å². The predicted molar refractivity (Wildman–Crippen MR) is 113 cm³/mol. The summed E-state index contributed by atoms with van der Waals surface area (Å²) >= 11 is 0. The zero-order valence-corrected chi connectivity index (χ0v) is 17.6.